The van der Waals surface area contributed by atoms with Gasteiger partial charge in [-0.05, 0) is 23.6 Å². The van der Waals surface area contributed by atoms with Gasteiger partial charge in [-0.3, -0.25) is 4.79 Å². The van der Waals surface area contributed by atoms with E-state index in [1.807, 2.05) is 31.2 Å². The number of amides is 1. The number of carbonyl (C=O) groups is 1. The topological polar surface area (TPSA) is 72.1 Å². The van der Waals surface area contributed by atoms with E-state index in [1.165, 1.54) is 18.7 Å². The normalized spacial score (nSPS) is 18.5. The Labute approximate surface area is 171 Å². The second-order valence-electron chi connectivity index (χ2n) is 7.25. The van der Waals surface area contributed by atoms with Gasteiger partial charge in [-0.25, -0.2) is 4.68 Å². The first kappa shape index (κ1) is 20.1. The van der Waals surface area contributed by atoms with E-state index in [2.05, 4.69) is 15.7 Å². The quantitative estimate of drug-likeness (QED) is 0.634. The van der Waals surface area contributed by atoms with E-state index in [1.54, 1.807) is 6.07 Å². The minimum atomic E-state index is -4.49. The first-order valence-corrected chi connectivity index (χ1v) is 9.65. The predicted octanol–water partition coefficient (Wildman–Crippen LogP) is 4.63. The van der Waals surface area contributed by atoms with E-state index >= 15 is 0 Å². The lowest BCUT2D eigenvalue weighted by molar-refractivity contribution is -0.173. The number of aromatic nitrogens is 2. The van der Waals surface area contributed by atoms with E-state index in [9.17, 15) is 18.0 Å². The van der Waals surface area contributed by atoms with Gasteiger partial charge in [0.1, 0.15) is 11.4 Å². The Morgan fingerprint density at radius 1 is 1.27 bits per heavy atom. The van der Waals surface area contributed by atoms with Crippen LogP contribution in [0.15, 0.2) is 53.5 Å². The Bertz CT molecular complexity index is 1010. The molecule has 3 heterocycles. The lowest BCUT2D eigenvalue weighted by Gasteiger charge is -2.34. The molecule has 0 saturated carbocycles. The van der Waals surface area contributed by atoms with Crippen molar-refractivity contribution in [3.05, 3.63) is 71.3 Å². The molecular weight excluding hydrogens is 397 g/mol. The summed E-state index contributed by atoms with van der Waals surface area (Å²) in [5.74, 6) is -0.439. The Kier molecular flexibility index (Phi) is 5.27. The number of halogens is 3. The van der Waals surface area contributed by atoms with Gasteiger partial charge in [-0.2, -0.15) is 18.3 Å². The SMILES string of the molecule is CCc1ccc(C2CC(C(F)(F)F)n3ncc(C(=O)NCc4ccoc4)c3N2)cc1. The van der Waals surface area contributed by atoms with Gasteiger partial charge in [0.05, 0.1) is 24.8 Å². The summed E-state index contributed by atoms with van der Waals surface area (Å²) in [4.78, 5) is 12.6. The summed E-state index contributed by atoms with van der Waals surface area (Å²) in [6.45, 7) is 2.21. The summed E-state index contributed by atoms with van der Waals surface area (Å²) < 4.78 is 47.1. The van der Waals surface area contributed by atoms with Crippen molar-refractivity contribution in [1.29, 1.82) is 0 Å². The molecule has 6 nitrogen and oxygen atoms in total. The summed E-state index contributed by atoms with van der Waals surface area (Å²) in [6, 6.07) is 6.76. The summed E-state index contributed by atoms with van der Waals surface area (Å²) in [5, 5.41) is 9.66. The van der Waals surface area contributed by atoms with Gasteiger partial charge in [0.2, 0.25) is 0 Å². The van der Waals surface area contributed by atoms with Gasteiger partial charge in [0, 0.05) is 18.5 Å². The second-order valence-corrected chi connectivity index (χ2v) is 7.25. The number of hydrogen-bond donors (Lipinski definition) is 2. The molecule has 0 bridgehead atoms. The molecule has 2 atom stereocenters. The molecule has 30 heavy (non-hydrogen) atoms. The Hall–Kier alpha value is -3.23. The van der Waals surface area contributed by atoms with Crippen LogP contribution in [0.4, 0.5) is 19.0 Å². The van der Waals surface area contributed by atoms with Crippen LogP contribution in [0.25, 0.3) is 0 Å². The molecule has 158 valence electrons. The number of rotatable bonds is 5. The zero-order chi connectivity index (χ0) is 21.3. The van der Waals surface area contributed by atoms with Crippen LogP contribution in [0.3, 0.4) is 0 Å². The number of fused-ring (bicyclic) bond motifs is 1. The highest BCUT2D eigenvalue weighted by Gasteiger charge is 2.47. The molecule has 1 aliphatic rings. The maximum Gasteiger partial charge on any atom is 0.410 e. The smallest absolute Gasteiger partial charge is 0.410 e. The van der Waals surface area contributed by atoms with Crippen molar-refractivity contribution >= 4 is 11.7 Å². The van der Waals surface area contributed by atoms with Crippen LogP contribution >= 0.6 is 0 Å². The average Bonchev–Trinajstić information content (AvgIpc) is 3.40. The number of carbonyl (C=O) groups excluding carboxylic acids is 1. The largest absolute Gasteiger partial charge is 0.472 e. The number of nitrogens with zero attached hydrogens (tertiary/aromatic N) is 2. The van der Waals surface area contributed by atoms with E-state index < -0.39 is 24.2 Å². The average molecular weight is 418 g/mol. The summed E-state index contributed by atoms with van der Waals surface area (Å²) >= 11 is 0. The van der Waals surface area contributed by atoms with Crippen molar-refractivity contribution < 1.29 is 22.4 Å². The maximum absolute atomic E-state index is 13.8. The van der Waals surface area contributed by atoms with Gasteiger partial charge >= 0.3 is 6.18 Å². The molecule has 3 aromatic rings. The highest BCUT2D eigenvalue weighted by atomic mass is 19.4. The Balaban J connectivity index is 1.63. The molecule has 1 aromatic carbocycles. The van der Waals surface area contributed by atoms with Gasteiger partial charge < -0.3 is 15.1 Å². The van der Waals surface area contributed by atoms with Crippen molar-refractivity contribution in [3.8, 4) is 0 Å². The van der Waals surface area contributed by atoms with Crippen LogP contribution in [0.1, 0.15) is 52.5 Å². The third-order valence-corrected chi connectivity index (χ3v) is 5.31. The zero-order valence-electron chi connectivity index (χ0n) is 16.2. The van der Waals surface area contributed by atoms with Gasteiger partial charge in [-0.15, -0.1) is 0 Å². The fourth-order valence-electron chi connectivity index (χ4n) is 3.60. The van der Waals surface area contributed by atoms with Crippen LogP contribution in [0, 0.1) is 0 Å². The molecule has 2 N–H and O–H groups in total. The zero-order valence-corrected chi connectivity index (χ0v) is 16.2. The van der Waals surface area contributed by atoms with Crippen LogP contribution < -0.4 is 10.6 Å². The van der Waals surface area contributed by atoms with Gasteiger partial charge in [0.15, 0.2) is 6.04 Å². The molecule has 0 fully saturated rings. The molecule has 0 spiro atoms. The molecule has 2 unspecified atom stereocenters. The fraction of sp³-hybridized carbons (Fsp3) is 0.333. The van der Waals surface area contributed by atoms with Crippen molar-refractivity contribution in [2.45, 2.75) is 44.6 Å². The highest BCUT2D eigenvalue weighted by molar-refractivity contribution is 5.98. The number of alkyl halides is 3. The molecule has 2 aromatic heterocycles. The van der Waals surface area contributed by atoms with Crippen LogP contribution in [-0.2, 0) is 13.0 Å². The number of hydrogen-bond acceptors (Lipinski definition) is 4. The first-order valence-electron chi connectivity index (χ1n) is 9.65. The molecule has 1 aliphatic heterocycles. The molecule has 9 heteroatoms. The third kappa shape index (κ3) is 3.92. The van der Waals surface area contributed by atoms with Crippen LogP contribution in [0.5, 0.6) is 0 Å². The lowest BCUT2D eigenvalue weighted by atomic mass is 9.95. The highest BCUT2D eigenvalue weighted by Crippen LogP contribution is 2.44. The van der Waals surface area contributed by atoms with Crippen LogP contribution in [0.2, 0.25) is 0 Å². The number of aryl methyl sites for hydroxylation is 1. The maximum atomic E-state index is 13.8. The number of nitrogens with one attached hydrogen (secondary N) is 2. The van der Waals surface area contributed by atoms with Crippen molar-refractivity contribution in [2.75, 3.05) is 5.32 Å². The molecule has 0 saturated heterocycles. The lowest BCUT2D eigenvalue weighted by Crippen LogP contribution is -2.36. The monoisotopic (exact) mass is 418 g/mol. The molecule has 0 aliphatic carbocycles. The van der Waals surface area contributed by atoms with Gasteiger partial charge in [-0.1, -0.05) is 31.2 Å². The molecule has 4 rings (SSSR count). The second kappa shape index (κ2) is 7.89. The van der Waals surface area contributed by atoms with Gasteiger partial charge in [0.25, 0.3) is 5.91 Å². The van der Waals surface area contributed by atoms with E-state index in [4.69, 9.17) is 4.42 Å². The summed E-state index contributed by atoms with van der Waals surface area (Å²) in [6.07, 6.45) is 0.287. The Morgan fingerprint density at radius 3 is 2.67 bits per heavy atom. The predicted molar refractivity (Wildman–Crippen MR) is 104 cm³/mol. The first-order chi connectivity index (χ1) is 14.4. The van der Waals surface area contributed by atoms with Crippen LogP contribution in [-0.4, -0.2) is 21.9 Å². The van der Waals surface area contributed by atoms with E-state index in [0.717, 1.165) is 27.8 Å². The number of furan rings is 1. The third-order valence-electron chi connectivity index (χ3n) is 5.31. The number of benzene rings is 1. The standard InChI is InChI=1S/C21H21F3N4O2/c1-2-13-3-5-15(6-4-13)17-9-18(21(22,23)24)28-19(27-17)16(11-26-28)20(29)25-10-14-7-8-30-12-14/h3-8,11-12,17-18,27H,2,9-10H2,1H3,(H,25,29). The molecular formula is C21H21F3N4O2. The number of anilines is 1. The summed E-state index contributed by atoms with van der Waals surface area (Å²) in [5.41, 5.74) is 2.66. The van der Waals surface area contributed by atoms with E-state index in [-0.39, 0.29) is 24.3 Å². The Morgan fingerprint density at radius 2 is 2.03 bits per heavy atom. The molecule has 1 amide bonds. The van der Waals surface area contributed by atoms with Crippen molar-refractivity contribution in [3.63, 3.8) is 0 Å². The minimum Gasteiger partial charge on any atom is -0.472 e. The fourth-order valence-corrected chi connectivity index (χ4v) is 3.60. The van der Waals surface area contributed by atoms with Crippen molar-refractivity contribution in [2.24, 2.45) is 0 Å². The molecule has 0 radical (unpaired) electrons. The summed E-state index contributed by atoms with van der Waals surface area (Å²) in [7, 11) is 0. The minimum absolute atomic E-state index is 0.0674. The van der Waals surface area contributed by atoms with E-state index in [0.29, 0.717) is 0 Å². The van der Waals surface area contributed by atoms with Crippen molar-refractivity contribution in [1.82, 2.24) is 15.1 Å².